The van der Waals surface area contributed by atoms with Crippen molar-refractivity contribution in [2.24, 2.45) is 17.3 Å². The highest BCUT2D eigenvalue weighted by Gasteiger charge is 2.68. The number of carbonyl (C=O) groups excluding carboxylic acids is 1. The van der Waals surface area contributed by atoms with Crippen molar-refractivity contribution in [3.63, 3.8) is 0 Å². The van der Waals surface area contributed by atoms with Gasteiger partial charge in [-0.05, 0) is 86.1 Å². The Kier molecular flexibility index (Phi) is 4.69. The van der Waals surface area contributed by atoms with E-state index in [1.807, 2.05) is 18.2 Å². The summed E-state index contributed by atoms with van der Waals surface area (Å²) in [6.45, 7) is 9.02. The van der Waals surface area contributed by atoms with Gasteiger partial charge in [-0.15, -0.1) is 0 Å². The zero-order chi connectivity index (χ0) is 24.6. The number of fused-ring (bicyclic) bond motifs is 5. The van der Waals surface area contributed by atoms with Crippen molar-refractivity contribution in [2.75, 3.05) is 5.32 Å². The molecule has 6 rings (SSSR count). The van der Waals surface area contributed by atoms with Crippen molar-refractivity contribution in [2.45, 2.75) is 71.0 Å². The maximum atomic E-state index is 12.9. The number of aromatic nitrogens is 3. The highest BCUT2D eigenvalue weighted by atomic mass is 16.5. The number of hydrogen-bond donors (Lipinski definition) is 2. The predicted molar refractivity (Wildman–Crippen MR) is 133 cm³/mol. The standard InChI is InChI=1S/C28H31N5O2/c1-26(2)9-7-16(8-10-26)23-22(33-25(34)24-30-15-18(14-29)31-24)6-5-21(32-23)17-12-27(3)19-11-20(19)28(4,13-17)35-27/h5-7,12,15,19-20H,8-11,13H2,1-4H3,(H,30,31)(H,33,34). The summed E-state index contributed by atoms with van der Waals surface area (Å²) in [4.78, 5) is 24.8. The van der Waals surface area contributed by atoms with Crippen LogP contribution in [0.2, 0.25) is 0 Å². The summed E-state index contributed by atoms with van der Waals surface area (Å²) in [5.74, 6) is 0.966. The van der Waals surface area contributed by atoms with Crippen molar-refractivity contribution < 1.29 is 9.53 Å². The molecule has 1 saturated carbocycles. The molecule has 4 unspecified atom stereocenters. The number of anilines is 1. The molecule has 1 amide bonds. The molecule has 4 heterocycles. The van der Waals surface area contributed by atoms with Gasteiger partial charge in [-0.2, -0.15) is 5.26 Å². The van der Waals surface area contributed by atoms with Crippen LogP contribution >= 0.6 is 0 Å². The van der Waals surface area contributed by atoms with E-state index in [1.54, 1.807) is 0 Å². The Morgan fingerprint density at radius 1 is 1.23 bits per heavy atom. The molecule has 35 heavy (non-hydrogen) atoms. The molecule has 0 aromatic carbocycles. The number of nitrogens with zero attached hydrogens (tertiary/aromatic N) is 3. The largest absolute Gasteiger partial charge is 0.364 e. The third-order valence-electron chi connectivity index (χ3n) is 8.43. The molecule has 1 saturated heterocycles. The van der Waals surface area contributed by atoms with Gasteiger partial charge in [-0.25, -0.2) is 9.97 Å². The Labute approximate surface area is 205 Å². The number of ether oxygens (including phenoxy) is 1. The smallest absolute Gasteiger partial charge is 0.291 e. The number of carbonyl (C=O) groups is 1. The third-order valence-corrected chi connectivity index (χ3v) is 8.43. The predicted octanol–water partition coefficient (Wildman–Crippen LogP) is 5.49. The second kappa shape index (κ2) is 7.38. The lowest BCUT2D eigenvalue weighted by Crippen LogP contribution is -2.39. The maximum Gasteiger partial charge on any atom is 0.291 e. The summed E-state index contributed by atoms with van der Waals surface area (Å²) < 4.78 is 6.49. The van der Waals surface area contributed by atoms with E-state index in [0.717, 1.165) is 42.6 Å². The molecule has 2 bridgehead atoms. The zero-order valence-electron chi connectivity index (χ0n) is 20.7. The third kappa shape index (κ3) is 3.71. The first kappa shape index (κ1) is 22.2. The summed E-state index contributed by atoms with van der Waals surface area (Å²) >= 11 is 0. The summed E-state index contributed by atoms with van der Waals surface area (Å²) in [6, 6.07) is 5.93. The lowest BCUT2D eigenvalue weighted by Gasteiger charge is -2.38. The van der Waals surface area contributed by atoms with Crippen LogP contribution in [0.25, 0.3) is 11.1 Å². The summed E-state index contributed by atoms with van der Waals surface area (Å²) in [5.41, 5.74) is 5.01. The Morgan fingerprint density at radius 3 is 2.74 bits per heavy atom. The van der Waals surface area contributed by atoms with Crippen molar-refractivity contribution in [3.8, 4) is 6.07 Å². The molecule has 2 fully saturated rings. The fourth-order valence-electron chi connectivity index (χ4n) is 6.35. The Bertz CT molecular complexity index is 1350. The minimum atomic E-state index is -0.387. The minimum absolute atomic E-state index is 0.110. The summed E-state index contributed by atoms with van der Waals surface area (Å²) in [7, 11) is 0. The fourth-order valence-corrected chi connectivity index (χ4v) is 6.35. The second-order valence-electron chi connectivity index (χ2n) is 11.8. The van der Waals surface area contributed by atoms with Crippen molar-refractivity contribution >= 4 is 22.7 Å². The second-order valence-corrected chi connectivity index (χ2v) is 11.8. The number of hydrogen-bond acceptors (Lipinski definition) is 5. The first-order valence-electron chi connectivity index (χ1n) is 12.5. The van der Waals surface area contributed by atoms with E-state index in [4.69, 9.17) is 15.0 Å². The molecule has 4 atom stereocenters. The van der Waals surface area contributed by atoms with E-state index < -0.39 is 0 Å². The number of aromatic amines is 1. The van der Waals surface area contributed by atoms with Crippen LogP contribution in [0.15, 0.2) is 30.5 Å². The lowest BCUT2D eigenvalue weighted by atomic mass is 9.77. The molecule has 4 aliphatic rings. The van der Waals surface area contributed by atoms with Crippen molar-refractivity contribution in [1.82, 2.24) is 15.0 Å². The lowest BCUT2D eigenvalue weighted by molar-refractivity contribution is -0.0930. The van der Waals surface area contributed by atoms with Gasteiger partial charge < -0.3 is 15.0 Å². The van der Waals surface area contributed by atoms with E-state index in [2.05, 4.69) is 55.1 Å². The van der Waals surface area contributed by atoms with Gasteiger partial charge in [-0.3, -0.25) is 4.79 Å². The van der Waals surface area contributed by atoms with Crippen LogP contribution in [0.4, 0.5) is 5.69 Å². The van der Waals surface area contributed by atoms with Gasteiger partial charge in [0.25, 0.3) is 5.91 Å². The summed E-state index contributed by atoms with van der Waals surface area (Å²) in [6.07, 6.45) is 11.0. The molecule has 0 spiro atoms. The molecule has 2 aromatic rings. The molecule has 180 valence electrons. The molecule has 2 aromatic heterocycles. The van der Waals surface area contributed by atoms with Gasteiger partial charge in [0.05, 0.1) is 34.5 Å². The average Bonchev–Trinajstić information content (AvgIpc) is 3.47. The molecular formula is C28H31N5O2. The number of allylic oxidation sites excluding steroid dienone is 2. The number of nitrogens with one attached hydrogen (secondary N) is 2. The van der Waals surface area contributed by atoms with Gasteiger partial charge in [0.1, 0.15) is 11.8 Å². The van der Waals surface area contributed by atoms with Gasteiger partial charge >= 0.3 is 0 Å². The van der Waals surface area contributed by atoms with Crippen molar-refractivity contribution in [1.29, 1.82) is 5.26 Å². The Balaban J connectivity index is 1.37. The van der Waals surface area contributed by atoms with Crippen LogP contribution in [-0.2, 0) is 4.74 Å². The summed E-state index contributed by atoms with van der Waals surface area (Å²) in [5, 5.41) is 12.0. The molecule has 2 aliphatic heterocycles. The van der Waals surface area contributed by atoms with Crippen molar-refractivity contribution in [3.05, 3.63) is 53.4 Å². The minimum Gasteiger partial charge on any atom is -0.364 e. The SMILES string of the molecule is CC1(C)CC=C(c2nc(C3=CC4(C)OC(C)(C3)C3CC34)ccc2NC(=O)c2ncc(C#N)[nH]2)CC1. The molecule has 7 heteroatoms. The van der Waals surface area contributed by atoms with Crippen LogP contribution in [0.3, 0.4) is 0 Å². The fraction of sp³-hybridized carbons (Fsp3) is 0.500. The van der Waals surface area contributed by atoms with E-state index in [-0.39, 0.29) is 34.0 Å². The Morgan fingerprint density at radius 2 is 2.06 bits per heavy atom. The van der Waals surface area contributed by atoms with E-state index in [0.29, 0.717) is 17.5 Å². The normalized spacial score (nSPS) is 32.2. The molecule has 2 N–H and O–H groups in total. The van der Waals surface area contributed by atoms with E-state index in [1.165, 1.54) is 18.2 Å². The van der Waals surface area contributed by atoms with Crippen LogP contribution in [-0.4, -0.2) is 32.1 Å². The van der Waals surface area contributed by atoms with E-state index >= 15 is 0 Å². The molecular weight excluding hydrogens is 438 g/mol. The van der Waals surface area contributed by atoms with Crippen LogP contribution in [0.1, 0.15) is 87.5 Å². The molecule has 7 nitrogen and oxygen atoms in total. The number of imidazole rings is 1. The topological polar surface area (TPSA) is 104 Å². The number of amides is 1. The monoisotopic (exact) mass is 469 g/mol. The van der Waals surface area contributed by atoms with Gasteiger partial charge in [0.15, 0.2) is 5.82 Å². The van der Waals surface area contributed by atoms with E-state index in [9.17, 15) is 4.79 Å². The van der Waals surface area contributed by atoms with Gasteiger partial charge in [0, 0.05) is 6.42 Å². The average molecular weight is 470 g/mol. The highest BCUT2D eigenvalue weighted by Crippen LogP contribution is 2.67. The number of pyridine rings is 1. The maximum absolute atomic E-state index is 12.9. The number of H-pyrrole nitrogens is 1. The zero-order valence-corrected chi connectivity index (χ0v) is 20.7. The van der Waals surface area contributed by atoms with Gasteiger partial charge in [0.2, 0.25) is 0 Å². The Hall–Kier alpha value is -3.24. The van der Waals surface area contributed by atoms with Crippen LogP contribution in [0, 0.1) is 28.6 Å². The van der Waals surface area contributed by atoms with Gasteiger partial charge in [-0.1, -0.05) is 19.9 Å². The highest BCUT2D eigenvalue weighted by molar-refractivity contribution is 6.03. The quantitative estimate of drug-likeness (QED) is 0.616. The first-order chi connectivity index (χ1) is 16.6. The molecule has 2 aliphatic carbocycles. The molecule has 0 radical (unpaired) electrons. The first-order valence-corrected chi connectivity index (χ1v) is 12.5. The number of nitriles is 1. The van der Waals surface area contributed by atoms with Crippen LogP contribution in [0.5, 0.6) is 0 Å². The number of rotatable bonds is 4. The van der Waals surface area contributed by atoms with Crippen LogP contribution < -0.4 is 5.32 Å².